The third-order valence-corrected chi connectivity index (χ3v) is 5.36. The number of pyridine rings is 1. The lowest BCUT2D eigenvalue weighted by Crippen LogP contribution is -2.28. The maximum Gasteiger partial charge on any atom is 0.407 e. The number of carboxylic acid groups (broad SMARTS) is 1. The van der Waals surface area contributed by atoms with Crippen LogP contribution in [0.1, 0.15) is 21.5 Å². The summed E-state index contributed by atoms with van der Waals surface area (Å²) in [6.45, 7) is 0.417. The quantitative estimate of drug-likeness (QED) is 0.331. The number of rotatable bonds is 7. The predicted molar refractivity (Wildman–Crippen MR) is 132 cm³/mol. The molecule has 7 nitrogen and oxygen atoms in total. The van der Waals surface area contributed by atoms with Gasteiger partial charge in [0.2, 0.25) is 0 Å². The molecule has 0 aliphatic heterocycles. The summed E-state index contributed by atoms with van der Waals surface area (Å²) in [5.74, 6) is -0.297. The summed E-state index contributed by atoms with van der Waals surface area (Å²) in [5, 5.41) is 12.4. The number of aromatic nitrogens is 1. The van der Waals surface area contributed by atoms with Gasteiger partial charge in [-0.15, -0.1) is 0 Å². The monoisotopic (exact) mass is 452 g/mol. The van der Waals surface area contributed by atoms with Crippen LogP contribution >= 0.6 is 0 Å². The summed E-state index contributed by atoms with van der Waals surface area (Å²) >= 11 is 0. The van der Waals surface area contributed by atoms with Crippen LogP contribution in [0, 0.1) is 0 Å². The Balaban J connectivity index is 1.44. The predicted octanol–water partition coefficient (Wildman–Crippen LogP) is 5.26. The molecular weight excluding hydrogens is 428 g/mol. The molecule has 0 radical (unpaired) electrons. The third kappa shape index (κ3) is 5.58. The van der Waals surface area contributed by atoms with Crippen molar-refractivity contribution in [1.82, 2.24) is 9.88 Å². The average Bonchev–Trinajstić information content (AvgIpc) is 2.86. The normalized spacial score (nSPS) is 10.5. The Kier molecular flexibility index (Phi) is 6.84. The summed E-state index contributed by atoms with van der Waals surface area (Å²) in [6, 6.07) is 25.8. The minimum Gasteiger partial charge on any atom is -0.465 e. The molecule has 170 valence electrons. The molecule has 0 unspecified atom stereocenters. The van der Waals surface area contributed by atoms with E-state index < -0.39 is 6.09 Å². The van der Waals surface area contributed by atoms with Crippen molar-refractivity contribution < 1.29 is 14.7 Å². The number of anilines is 2. The first-order valence-corrected chi connectivity index (χ1v) is 10.7. The van der Waals surface area contributed by atoms with E-state index in [1.165, 1.54) is 4.90 Å². The van der Waals surface area contributed by atoms with Crippen LogP contribution in [0.5, 0.6) is 0 Å². The number of carbonyl (C=O) groups is 2. The van der Waals surface area contributed by atoms with Crippen molar-refractivity contribution in [2.45, 2.75) is 13.1 Å². The van der Waals surface area contributed by atoms with E-state index in [-0.39, 0.29) is 19.0 Å². The molecule has 0 fully saturated rings. The first-order valence-electron chi connectivity index (χ1n) is 10.7. The van der Waals surface area contributed by atoms with Crippen LogP contribution in [-0.4, -0.2) is 27.0 Å². The lowest BCUT2D eigenvalue weighted by Gasteiger charge is -2.19. The first kappa shape index (κ1) is 22.5. The number of amides is 2. The van der Waals surface area contributed by atoms with Crippen molar-refractivity contribution in [3.63, 3.8) is 0 Å². The molecule has 0 saturated heterocycles. The summed E-state index contributed by atoms with van der Waals surface area (Å²) in [6.07, 6.45) is 2.26. The summed E-state index contributed by atoms with van der Waals surface area (Å²) in [4.78, 5) is 29.8. The Hall–Kier alpha value is -4.65. The van der Waals surface area contributed by atoms with Gasteiger partial charge in [0.15, 0.2) is 0 Å². The fourth-order valence-electron chi connectivity index (χ4n) is 3.55. The van der Waals surface area contributed by atoms with Crippen molar-refractivity contribution >= 4 is 23.4 Å². The van der Waals surface area contributed by atoms with Gasteiger partial charge >= 0.3 is 6.09 Å². The van der Waals surface area contributed by atoms with Crippen molar-refractivity contribution in [3.05, 3.63) is 114 Å². The molecule has 2 amide bonds. The zero-order valence-corrected chi connectivity index (χ0v) is 18.4. The lowest BCUT2D eigenvalue weighted by molar-refractivity contribution is 0.102. The van der Waals surface area contributed by atoms with Gasteiger partial charge in [0.25, 0.3) is 5.91 Å². The molecule has 4 rings (SSSR count). The largest absolute Gasteiger partial charge is 0.465 e. The molecule has 0 aliphatic rings. The van der Waals surface area contributed by atoms with Crippen molar-refractivity contribution in [3.8, 4) is 11.1 Å². The molecule has 4 aromatic rings. The molecule has 7 heteroatoms. The van der Waals surface area contributed by atoms with E-state index in [0.717, 1.165) is 22.3 Å². The molecule has 3 aromatic carbocycles. The number of nitrogens with two attached hydrogens (primary N) is 1. The lowest BCUT2D eigenvalue weighted by atomic mass is 10.0. The first-order chi connectivity index (χ1) is 16.5. The number of hydrogen-bond acceptors (Lipinski definition) is 4. The Bertz CT molecular complexity index is 1280. The molecule has 0 saturated carbocycles. The van der Waals surface area contributed by atoms with Crippen molar-refractivity contribution in [2.75, 3.05) is 11.1 Å². The summed E-state index contributed by atoms with van der Waals surface area (Å²) in [7, 11) is 0. The van der Waals surface area contributed by atoms with Crippen molar-refractivity contribution in [2.24, 2.45) is 0 Å². The van der Waals surface area contributed by atoms with E-state index in [1.54, 1.807) is 48.8 Å². The van der Waals surface area contributed by atoms with Gasteiger partial charge in [-0.25, -0.2) is 4.79 Å². The zero-order valence-electron chi connectivity index (χ0n) is 18.4. The van der Waals surface area contributed by atoms with Crippen LogP contribution in [-0.2, 0) is 13.1 Å². The van der Waals surface area contributed by atoms with Gasteiger partial charge in [0.05, 0.1) is 17.9 Å². The van der Waals surface area contributed by atoms with E-state index in [4.69, 9.17) is 5.73 Å². The van der Waals surface area contributed by atoms with Gasteiger partial charge in [-0.2, -0.15) is 0 Å². The van der Waals surface area contributed by atoms with E-state index in [9.17, 15) is 14.7 Å². The molecular formula is C27H24N4O3. The van der Waals surface area contributed by atoms with Crippen LogP contribution in [0.4, 0.5) is 16.2 Å². The topological polar surface area (TPSA) is 109 Å². The number of nitrogen functional groups attached to an aromatic ring is 1. The van der Waals surface area contributed by atoms with Crippen molar-refractivity contribution in [1.29, 1.82) is 0 Å². The van der Waals surface area contributed by atoms with Gasteiger partial charge in [-0.1, -0.05) is 54.6 Å². The third-order valence-electron chi connectivity index (χ3n) is 5.36. The Morgan fingerprint density at radius 2 is 1.59 bits per heavy atom. The highest BCUT2D eigenvalue weighted by atomic mass is 16.4. The van der Waals surface area contributed by atoms with E-state index in [2.05, 4.69) is 10.3 Å². The molecule has 34 heavy (non-hydrogen) atoms. The van der Waals surface area contributed by atoms with Gasteiger partial charge in [-0.05, 0) is 52.6 Å². The second-order valence-electron chi connectivity index (χ2n) is 7.82. The van der Waals surface area contributed by atoms with E-state index >= 15 is 0 Å². The highest BCUT2D eigenvalue weighted by Gasteiger charge is 2.14. The number of nitrogens with zero attached hydrogens (tertiary/aromatic N) is 2. The Morgan fingerprint density at radius 3 is 2.26 bits per heavy atom. The fraction of sp³-hybridized carbons (Fsp3) is 0.0741. The van der Waals surface area contributed by atoms with Crippen LogP contribution in [0.3, 0.4) is 0 Å². The smallest absolute Gasteiger partial charge is 0.407 e. The molecule has 0 bridgehead atoms. The molecule has 4 N–H and O–H groups in total. The molecule has 0 aliphatic carbocycles. The molecule has 1 aromatic heterocycles. The van der Waals surface area contributed by atoms with Gasteiger partial charge in [0.1, 0.15) is 0 Å². The van der Waals surface area contributed by atoms with Crippen LogP contribution in [0.15, 0.2) is 97.3 Å². The van der Waals surface area contributed by atoms with Crippen LogP contribution in [0.25, 0.3) is 11.1 Å². The van der Waals surface area contributed by atoms with Crippen LogP contribution in [0.2, 0.25) is 0 Å². The van der Waals surface area contributed by atoms with Gasteiger partial charge in [0, 0.05) is 24.5 Å². The minimum atomic E-state index is -1.03. The Morgan fingerprint density at radius 1 is 0.853 bits per heavy atom. The minimum absolute atomic E-state index is 0.193. The number of benzene rings is 3. The van der Waals surface area contributed by atoms with Gasteiger partial charge < -0.3 is 16.2 Å². The van der Waals surface area contributed by atoms with Gasteiger partial charge in [-0.3, -0.25) is 14.7 Å². The summed E-state index contributed by atoms with van der Waals surface area (Å²) < 4.78 is 0. The second-order valence-corrected chi connectivity index (χ2v) is 7.82. The van der Waals surface area contributed by atoms with E-state index in [0.29, 0.717) is 16.9 Å². The SMILES string of the molecule is Nc1ccc(-c2ccccc2)cc1NC(=O)c1ccc(CN(Cc2cccnc2)C(=O)O)cc1. The standard InChI is InChI=1S/C27H24N4O3/c28-24-13-12-23(21-6-2-1-3-7-21)15-25(24)30-26(32)22-10-8-19(9-11-22)17-31(27(33)34)18-20-5-4-14-29-16-20/h1-16H,17-18,28H2,(H,30,32)(H,33,34). The molecule has 0 spiro atoms. The van der Waals surface area contributed by atoms with E-state index in [1.807, 2.05) is 48.5 Å². The maximum atomic E-state index is 12.8. The van der Waals surface area contributed by atoms with Crippen LogP contribution < -0.4 is 11.1 Å². The highest BCUT2D eigenvalue weighted by Crippen LogP contribution is 2.27. The number of carbonyl (C=O) groups excluding carboxylic acids is 1. The average molecular weight is 453 g/mol. The molecule has 0 atom stereocenters. The fourth-order valence-corrected chi connectivity index (χ4v) is 3.55. The summed E-state index contributed by atoms with van der Waals surface area (Å²) in [5.41, 5.74) is 11.1. The maximum absolute atomic E-state index is 12.8. The molecule has 1 heterocycles. The number of hydrogen-bond donors (Lipinski definition) is 3. The highest BCUT2D eigenvalue weighted by molar-refractivity contribution is 6.06. The second kappa shape index (κ2) is 10.3. The number of nitrogens with one attached hydrogen (secondary N) is 1. The Labute approximate surface area is 197 Å². The zero-order chi connectivity index (χ0) is 23.9.